The Morgan fingerprint density at radius 3 is 1.88 bits per heavy atom. The Balaban J connectivity index is 1.48. The van der Waals surface area contributed by atoms with Crippen molar-refractivity contribution < 1.29 is 0 Å². The highest BCUT2D eigenvalue weighted by Crippen LogP contribution is 2.42. The van der Waals surface area contributed by atoms with Gasteiger partial charge >= 0.3 is 0 Å². The quantitative estimate of drug-likeness (QED) is 0.186. The minimum absolute atomic E-state index is 0.0509. The van der Waals surface area contributed by atoms with Gasteiger partial charge in [-0.1, -0.05) is 127 Å². The highest BCUT2D eigenvalue weighted by atomic mass is 16.1. The monoisotopic (exact) mass is 614 g/mol. The molecule has 5 heteroatoms. The summed E-state index contributed by atoms with van der Waals surface area (Å²) in [4.78, 5) is 24.9. The van der Waals surface area contributed by atoms with E-state index in [1.165, 1.54) is 0 Å². The van der Waals surface area contributed by atoms with Crippen LogP contribution in [0.2, 0.25) is 0 Å². The third-order valence-electron chi connectivity index (χ3n) is 9.52. The summed E-state index contributed by atoms with van der Waals surface area (Å²) < 4.78 is 4.08. The van der Waals surface area contributed by atoms with Crippen LogP contribution in [0, 0.1) is 0 Å². The molecule has 10 aromatic rings. The van der Waals surface area contributed by atoms with E-state index in [9.17, 15) is 4.79 Å². The highest BCUT2D eigenvalue weighted by Gasteiger charge is 2.23. The predicted octanol–water partition coefficient (Wildman–Crippen LogP) is 10.0. The van der Waals surface area contributed by atoms with Gasteiger partial charge in [0, 0.05) is 43.6 Å². The van der Waals surface area contributed by atoms with Crippen LogP contribution in [0.15, 0.2) is 163 Å². The fraction of sp³-hybridized carbons (Fsp3) is 0. The molecule has 0 aliphatic carbocycles. The third-order valence-corrected chi connectivity index (χ3v) is 9.52. The molecule has 0 fully saturated rings. The SMILES string of the molecule is O=c1c2ccccc2c2c(ccc3c4ccc5ccccc5c4n(-c4nc(-c5ccccc5)c5ccccc5n4)c32)n1-c1ccccc1. The first-order valence-corrected chi connectivity index (χ1v) is 16.1. The minimum Gasteiger partial charge on any atom is -0.277 e. The van der Waals surface area contributed by atoms with Gasteiger partial charge in [-0.2, -0.15) is 0 Å². The molecule has 0 bridgehead atoms. The lowest BCUT2D eigenvalue weighted by molar-refractivity contribution is 1.02. The van der Waals surface area contributed by atoms with Gasteiger partial charge in [-0.25, -0.2) is 9.97 Å². The van der Waals surface area contributed by atoms with Crippen LogP contribution in [0.1, 0.15) is 0 Å². The van der Waals surface area contributed by atoms with E-state index < -0.39 is 0 Å². The van der Waals surface area contributed by atoms with Gasteiger partial charge < -0.3 is 0 Å². The summed E-state index contributed by atoms with van der Waals surface area (Å²) in [7, 11) is 0. The predicted molar refractivity (Wildman–Crippen MR) is 197 cm³/mol. The largest absolute Gasteiger partial charge is 0.277 e. The molecule has 0 spiro atoms. The van der Waals surface area contributed by atoms with Crippen molar-refractivity contribution in [2.75, 3.05) is 0 Å². The van der Waals surface area contributed by atoms with E-state index in [4.69, 9.17) is 9.97 Å². The number of para-hydroxylation sites is 2. The topological polar surface area (TPSA) is 52.7 Å². The molecular weight excluding hydrogens is 589 g/mol. The molecule has 0 saturated heterocycles. The second-order valence-electron chi connectivity index (χ2n) is 12.2. The number of nitrogens with zero attached hydrogens (tertiary/aromatic N) is 4. The van der Waals surface area contributed by atoms with Crippen LogP contribution < -0.4 is 5.56 Å². The van der Waals surface area contributed by atoms with Gasteiger partial charge in [-0.3, -0.25) is 13.9 Å². The number of fused-ring (bicyclic) bond motifs is 10. The fourth-order valence-electron chi connectivity index (χ4n) is 7.44. The van der Waals surface area contributed by atoms with Crippen molar-refractivity contribution in [3.8, 4) is 22.9 Å². The number of hydrogen-bond acceptors (Lipinski definition) is 3. The summed E-state index contributed by atoms with van der Waals surface area (Å²) in [5.41, 5.74) is 6.36. The fourth-order valence-corrected chi connectivity index (χ4v) is 7.44. The van der Waals surface area contributed by atoms with Gasteiger partial charge in [-0.05, 0) is 41.1 Å². The zero-order valence-corrected chi connectivity index (χ0v) is 25.7. The molecule has 0 aliphatic heterocycles. The van der Waals surface area contributed by atoms with E-state index in [0.29, 0.717) is 11.3 Å². The van der Waals surface area contributed by atoms with Crippen LogP contribution in [0.3, 0.4) is 0 Å². The van der Waals surface area contributed by atoms with Crippen molar-refractivity contribution in [2.24, 2.45) is 0 Å². The average Bonchev–Trinajstić information content (AvgIpc) is 3.50. The Bertz CT molecular complexity index is 2960. The highest BCUT2D eigenvalue weighted by molar-refractivity contribution is 6.27. The summed E-state index contributed by atoms with van der Waals surface area (Å²) >= 11 is 0. The lowest BCUT2D eigenvalue weighted by Crippen LogP contribution is -2.19. The summed E-state index contributed by atoms with van der Waals surface area (Å²) in [5.74, 6) is 0.581. The van der Waals surface area contributed by atoms with Gasteiger partial charge in [0.1, 0.15) is 0 Å². The molecule has 3 heterocycles. The Morgan fingerprint density at radius 2 is 1.06 bits per heavy atom. The standard InChI is InChI=1S/C43H26N4O/c48-42-34-20-10-9-19-31(34)38-37(46(42)29-16-5-2-6-17-29)26-25-33-32-24-23-27-13-7-8-18-30(27)40(32)47(41(33)38)43-44-36-22-12-11-21-35(36)39(45-43)28-14-3-1-4-15-28/h1-26H. The van der Waals surface area contributed by atoms with Crippen molar-refractivity contribution in [1.82, 2.24) is 19.1 Å². The van der Waals surface area contributed by atoms with Crippen LogP contribution in [0.5, 0.6) is 0 Å². The molecule has 0 unspecified atom stereocenters. The maximum absolute atomic E-state index is 14.3. The third kappa shape index (κ3) is 3.76. The lowest BCUT2D eigenvalue weighted by Gasteiger charge is -2.16. The smallest absolute Gasteiger partial charge is 0.263 e. The Kier molecular flexibility index (Phi) is 5.66. The van der Waals surface area contributed by atoms with E-state index in [-0.39, 0.29) is 5.56 Å². The molecule has 0 aliphatic rings. The molecule has 48 heavy (non-hydrogen) atoms. The number of hydrogen-bond donors (Lipinski definition) is 0. The molecule has 3 aromatic heterocycles. The van der Waals surface area contributed by atoms with Crippen molar-refractivity contribution in [2.45, 2.75) is 0 Å². The van der Waals surface area contributed by atoms with E-state index >= 15 is 0 Å². The van der Waals surface area contributed by atoms with Crippen molar-refractivity contribution >= 4 is 65.2 Å². The second-order valence-corrected chi connectivity index (χ2v) is 12.2. The molecule has 5 nitrogen and oxygen atoms in total. The average molecular weight is 615 g/mol. The molecule has 7 aromatic carbocycles. The van der Waals surface area contributed by atoms with Crippen LogP contribution in [0.4, 0.5) is 0 Å². The first-order chi connectivity index (χ1) is 23.8. The molecule has 224 valence electrons. The van der Waals surface area contributed by atoms with Crippen LogP contribution in [0.25, 0.3) is 88.0 Å². The molecule has 0 N–H and O–H groups in total. The van der Waals surface area contributed by atoms with Crippen LogP contribution in [-0.4, -0.2) is 19.1 Å². The van der Waals surface area contributed by atoms with E-state index in [1.807, 2.05) is 83.4 Å². The van der Waals surface area contributed by atoms with Crippen LogP contribution >= 0.6 is 0 Å². The molecule has 0 atom stereocenters. The lowest BCUT2D eigenvalue weighted by atomic mass is 10.0. The van der Waals surface area contributed by atoms with Gasteiger partial charge in [0.25, 0.3) is 5.56 Å². The Morgan fingerprint density at radius 1 is 0.438 bits per heavy atom. The van der Waals surface area contributed by atoms with Gasteiger partial charge in [-0.15, -0.1) is 0 Å². The van der Waals surface area contributed by atoms with Crippen molar-refractivity contribution in [3.63, 3.8) is 0 Å². The first kappa shape index (κ1) is 26.6. The summed E-state index contributed by atoms with van der Waals surface area (Å²) in [6.07, 6.45) is 0. The summed E-state index contributed by atoms with van der Waals surface area (Å²) in [6, 6.07) is 53.4. The maximum Gasteiger partial charge on any atom is 0.263 e. The van der Waals surface area contributed by atoms with E-state index in [0.717, 1.165) is 76.7 Å². The first-order valence-electron chi connectivity index (χ1n) is 16.1. The van der Waals surface area contributed by atoms with E-state index in [1.54, 1.807) is 0 Å². The zero-order chi connectivity index (χ0) is 31.8. The van der Waals surface area contributed by atoms with Gasteiger partial charge in [0.15, 0.2) is 0 Å². The summed E-state index contributed by atoms with van der Waals surface area (Å²) in [5, 5.41) is 7.94. The molecule has 0 amide bonds. The Labute approximate surface area is 274 Å². The maximum atomic E-state index is 14.3. The number of rotatable bonds is 3. The molecular formula is C43H26N4O. The normalized spacial score (nSPS) is 11.8. The second kappa shape index (κ2) is 10.2. The van der Waals surface area contributed by atoms with Gasteiger partial charge in [0.05, 0.1) is 27.8 Å². The van der Waals surface area contributed by atoms with Crippen LogP contribution in [-0.2, 0) is 0 Å². The van der Waals surface area contributed by atoms with E-state index in [2.05, 4.69) is 83.4 Å². The van der Waals surface area contributed by atoms with Gasteiger partial charge in [0.2, 0.25) is 5.95 Å². The number of aromatic nitrogens is 4. The molecule has 0 radical (unpaired) electrons. The summed E-state index contributed by atoms with van der Waals surface area (Å²) in [6.45, 7) is 0. The van der Waals surface area contributed by atoms with Crippen molar-refractivity contribution in [1.29, 1.82) is 0 Å². The Hall–Kier alpha value is -6.59. The minimum atomic E-state index is -0.0509. The molecule has 10 rings (SSSR count). The number of benzene rings is 7. The number of pyridine rings is 1. The zero-order valence-electron chi connectivity index (χ0n) is 25.7. The molecule has 0 saturated carbocycles. The van der Waals surface area contributed by atoms with Crippen molar-refractivity contribution in [3.05, 3.63) is 168 Å².